The molecular formula is C23H40. The Morgan fingerprint density at radius 2 is 1.91 bits per heavy atom. The lowest BCUT2D eigenvalue weighted by Gasteiger charge is -2.39. The van der Waals surface area contributed by atoms with E-state index in [1.807, 2.05) is 0 Å². The summed E-state index contributed by atoms with van der Waals surface area (Å²) in [5.74, 6) is 6.23. The van der Waals surface area contributed by atoms with Crippen LogP contribution < -0.4 is 0 Å². The van der Waals surface area contributed by atoms with Crippen molar-refractivity contribution in [2.24, 2.45) is 40.9 Å². The Balaban J connectivity index is 1.66. The molecule has 3 aliphatic rings. The highest BCUT2D eigenvalue weighted by molar-refractivity contribution is 5.13. The van der Waals surface area contributed by atoms with Gasteiger partial charge in [-0.2, -0.15) is 0 Å². The van der Waals surface area contributed by atoms with Crippen LogP contribution in [0.5, 0.6) is 0 Å². The van der Waals surface area contributed by atoms with Gasteiger partial charge in [0.1, 0.15) is 0 Å². The molecule has 0 aromatic carbocycles. The van der Waals surface area contributed by atoms with Crippen molar-refractivity contribution < 1.29 is 0 Å². The molecule has 132 valence electrons. The van der Waals surface area contributed by atoms with Crippen molar-refractivity contribution in [3.63, 3.8) is 0 Å². The molecule has 0 spiro atoms. The Morgan fingerprint density at radius 3 is 2.43 bits per heavy atom. The lowest BCUT2D eigenvalue weighted by molar-refractivity contribution is 0.103. The number of allylic oxidation sites excluding steroid dienone is 2. The van der Waals surface area contributed by atoms with E-state index in [2.05, 4.69) is 40.7 Å². The molecule has 0 aromatic heterocycles. The van der Waals surface area contributed by atoms with Gasteiger partial charge < -0.3 is 0 Å². The number of fused-ring (bicyclic) bond motifs is 1. The molecule has 0 radical (unpaired) electrons. The standard InChI is InChI=1S/C23H40/c1-6-9-19(14-18-12-10-17(7-2)11-13-18)22-16(4)23(5,8-3)21-15-20(21)22/h7,16,18-22H,6,8-15H2,1-5H3. The fourth-order valence-electron chi connectivity index (χ4n) is 6.73. The molecule has 0 saturated heterocycles. The molecule has 3 aliphatic carbocycles. The second kappa shape index (κ2) is 6.93. The van der Waals surface area contributed by atoms with Crippen LogP contribution in [0.1, 0.15) is 92.4 Å². The SMILES string of the molecule is CC=C1CCC(CC(CCC)C2C3CC3C(C)(CC)C2C)CC1. The van der Waals surface area contributed by atoms with E-state index in [4.69, 9.17) is 0 Å². The van der Waals surface area contributed by atoms with Crippen molar-refractivity contribution in [2.75, 3.05) is 0 Å². The molecule has 6 unspecified atom stereocenters. The van der Waals surface area contributed by atoms with Gasteiger partial charge in [-0.15, -0.1) is 0 Å². The largest absolute Gasteiger partial charge is 0.0885 e. The molecule has 0 bridgehead atoms. The van der Waals surface area contributed by atoms with Gasteiger partial charge >= 0.3 is 0 Å². The Labute approximate surface area is 145 Å². The van der Waals surface area contributed by atoms with Gasteiger partial charge in [-0.25, -0.2) is 0 Å². The maximum Gasteiger partial charge on any atom is -0.0269 e. The number of hydrogen-bond donors (Lipinski definition) is 0. The first kappa shape index (κ1) is 17.6. The van der Waals surface area contributed by atoms with Gasteiger partial charge in [0.2, 0.25) is 0 Å². The zero-order valence-corrected chi connectivity index (χ0v) is 16.4. The highest BCUT2D eigenvalue weighted by atomic mass is 14.7. The predicted molar refractivity (Wildman–Crippen MR) is 101 cm³/mol. The van der Waals surface area contributed by atoms with E-state index in [9.17, 15) is 0 Å². The van der Waals surface area contributed by atoms with Gasteiger partial charge in [-0.3, -0.25) is 0 Å². The summed E-state index contributed by atoms with van der Waals surface area (Å²) in [4.78, 5) is 0. The van der Waals surface area contributed by atoms with Crippen LogP contribution in [-0.2, 0) is 0 Å². The summed E-state index contributed by atoms with van der Waals surface area (Å²) < 4.78 is 0. The second-order valence-electron chi connectivity index (χ2n) is 9.41. The van der Waals surface area contributed by atoms with Crippen LogP contribution in [0.4, 0.5) is 0 Å². The maximum absolute atomic E-state index is 2.62. The average Bonchev–Trinajstić information content (AvgIpc) is 3.32. The molecule has 0 heteroatoms. The Hall–Kier alpha value is -0.260. The van der Waals surface area contributed by atoms with Gasteiger partial charge in [0.25, 0.3) is 0 Å². The third kappa shape index (κ3) is 3.16. The van der Waals surface area contributed by atoms with Gasteiger partial charge in [0.05, 0.1) is 0 Å². The van der Waals surface area contributed by atoms with Crippen molar-refractivity contribution in [3.8, 4) is 0 Å². The van der Waals surface area contributed by atoms with Crippen LogP contribution in [0, 0.1) is 40.9 Å². The fourth-order valence-corrected chi connectivity index (χ4v) is 6.73. The molecule has 0 aliphatic heterocycles. The van der Waals surface area contributed by atoms with Crippen molar-refractivity contribution in [3.05, 3.63) is 11.6 Å². The molecule has 3 rings (SSSR count). The first-order valence-corrected chi connectivity index (χ1v) is 10.7. The summed E-state index contributed by atoms with van der Waals surface area (Å²) in [5.41, 5.74) is 2.38. The summed E-state index contributed by atoms with van der Waals surface area (Å²) in [5, 5.41) is 0. The smallest absolute Gasteiger partial charge is 0.0269 e. The van der Waals surface area contributed by atoms with E-state index in [1.54, 1.807) is 18.4 Å². The molecular weight excluding hydrogens is 276 g/mol. The van der Waals surface area contributed by atoms with E-state index in [0.29, 0.717) is 5.41 Å². The molecule has 3 fully saturated rings. The second-order valence-corrected chi connectivity index (χ2v) is 9.41. The molecule has 0 amide bonds. The number of hydrogen-bond acceptors (Lipinski definition) is 0. The van der Waals surface area contributed by atoms with Crippen molar-refractivity contribution in [1.29, 1.82) is 0 Å². The molecule has 0 nitrogen and oxygen atoms in total. The van der Waals surface area contributed by atoms with Crippen molar-refractivity contribution >= 4 is 0 Å². The minimum atomic E-state index is 0.659. The highest BCUT2D eigenvalue weighted by Gasteiger charge is 2.64. The molecule has 0 N–H and O–H groups in total. The first-order valence-electron chi connectivity index (χ1n) is 10.7. The first-order chi connectivity index (χ1) is 11.0. The Morgan fingerprint density at radius 1 is 1.22 bits per heavy atom. The topological polar surface area (TPSA) is 0 Å². The molecule has 6 atom stereocenters. The van der Waals surface area contributed by atoms with E-state index < -0.39 is 0 Å². The summed E-state index contributed by atoms with van der Waals surface area (Å²) in [6.45, 7) is 12.3. The molecule has 3 saturated carbocycles. The maximum atomic E-state index is 2.62. The average molecular weight is 317 g/mol. The summed E-state index contributed by atoms with van der Waals surface area (Å²) >= 11 is 0. The van der Waals surface area contributed by atoms with E-state index in [0.717, 1.165) is 35.5 Å². The quantitative estimate of drug-likeness (QED) is 0.453. The molecule has 23 heavy (non-hydrogen) atoms. The monoisotopic (exact) mass is 316 g/mol. The fraction of sp³-hybridized carbons (Fsp3) is 0.913. The van der Waals surface area contributed by atoms with Crippen LogP contribution in [0.15, 0.2) is 11.6 Å². The molecule has 0 aromatic rings. The van der Waals surface area contributed by atoms with E-state index >= 15 is 0 Å². The van der Waals surface area contributed by atoms with Gasteiger partial charge in [-0.1, -0.05) is 58.6 Å². The van der Waals surface area contributed by atoms with Gasteiger partial charge in [-0.05, 0) is 86.4 Å². The van der Waals surface area contributed by atoms with Crippen LogP contribution in [0.2, 0.25) is 0 Å². The summed E-state index contributed by atoms with van der Waals surface area (Å²) in [7, 11) is 0. The van der Waals surface area contributed by atoms with E-state index in [-0.39, 0.29) is 0 Å². The highest BCUT2D eigenvalue weighted by Crippen LogP contribution is 2.70. The summed E-state index contributed by atoms with van der Waals surface area (Å²) in [6.07, 6.45) is 15.5. The summed E-state index contributed by atoms with van der Waals surface area (Å²) in [6, 6.07) is 0. The normalized spacial score (nSPS) is 44.0. The van der Waals surface area contributed by atoms with Crippen LogP contribution >= 0.6 is 0 Å². The Bertz CT molecular complexity index is 423. The van der Waals surface area contributed by atoms with Crippen molar-refractivity contribution in [1.82, 2.24) is 0 Å². The Kier molecular flexibility index (Phi) is 5.29. The minimum Gasteiger partial charge on any atom is -0.0885 e. The number of rotatable bonds is 6. The van der Waals surface area contributed by atoms with Crippen molar-refractivity contribution in [2.45, 2.75) is 92.4 Å². The van der Waals surface area contributed by atoms with Crippen LogP contribution in [-0.4, -0.2) is 0 Å². The van der Waals surface area contributed by atoms with Gasteiger partial charge in [0.15, 0.2) is 0 Å². The lowest BCUT2D eigenvalue weighted by atomic mass is 9.66. The van der Waals surface area contributed by atoms with Gasteiger partial charge in [0, 0.05) is 0 Å². The third-order valence-corrected chi connectivity index (χ3v) is 8.56. The third-order valence-electron chi connectivity index (χ3n) is 8.56. The zero-order chi connectivity index (χ0) is 16.6. The van der Waals surface area contributed by atoms with E-state index in [1.165, 1.54) is 44.9 Å². The van der Waals surface area contributed by atoms with Crippen LogP contribution in [0.3, 0.4) is 0 Å². The zero-order valence-electron chi connectivity index (χ0n) is 16.4. The van der Waals surface area contributed by atoms with Crippen LogP contribution in [0.25, 0.3) is 0 Å². The predicted octanol–water partition coefficient (Wildman–Crippen LogP) is 7.25. The lowest BCUT2D eigenvalue weighted by Crippen LogP contribution is -2.31. The minimum absolute atomic E-state index is 0.659. The molecule has 0 heterocycles.